The number of amides is 1. The van der Waals surface area contributed by atoms with Crippen molar-refractivity contribution in [3.63, 3.8) is 0 Å². The molecule has 2 aromatic carbocycles. The highest BCUT2D eigenvalue weighted by molar-refractivity contribution is 7.99. The van der Waals surface area contributed by atoms with Gasteiger partial charge in [0, 0.05) is 12.2 Å². The Kier molecular flexibility index (Phi) is 6.85. The predicted molar refractivity (Wildman–Crippen MR) is 118 cm³/mol. The summed E-state index contributed by atoms with van der Waals surface area (Å²) in [7, 11) is 0. The van der Waals surface area contributed by atoms with Crippen molar-refractivity contribution in [3.05, 3.63) is 58.7 Å². The molecule has 0 unspecified atom stereocenters. The minimum atomic E-state index is -0.0876. The van der Waals surface area contributed by atoms with E-state index in [2.05, 4.69) is 33.7 Å². The number of carbonyl (C=O) groups excluding carboxylic acids is 1. The molecular weight excluding hydrogens is 396 g/mol. The summed E-state index contributed by atoms with van der Waals surface area (Å²) in [6.07, 6.45) is 0.268. The van der Waals surface area contributed by atoms with E-state index in [9.17, 15) is 4.79 Å². The third-order valence-corrected chi connectivity index (χ3v) is 5.52. The summed E-state index contributed by atoms with van der Waals surface area (Å²) in [5.74, 6) is 0.0828. The number of anilines is 1. The lowest BCUT2D eigenvalue weighted by molar-refractivity contribution is -0.116. The quantitative estimate of drug-likeness (QED) is 0.538. The smallest absolute Gasteiger partial charge is 0.237 e. The number of aromatic nitrogens is 4. The van der Waals surface area contributed by atoms with Gasteiger partial charge in [0.05, 0.1) is 23.9 Å². The van der Waals surface area contributed by atoms with Crippen LogP contribution in [0.2, 0.25) is 0 Å². The molecule has 0 atom stereocenters. The average Bonchev–Trinajstić information content (AvgIpc) is 3.14. The monoisotopic (exact) mass is 420 g/mol. The number of hydrogen-bond donors (Lipinski definition) is 0. The molecular formula is C22H24N6OS. The number of benzene rings is 2. The first-order valence-corrected chi connectivity index (χ1v) is 10.6. The Morgan fingerprint density at radius 2 is 1.83 bits per heavy atom. The van der Waals surface area contributed by atoms with Gasteiger partial charge in [-0.15, -0.1) is 5.10 Å². The van der Waals surface area contributed by atoms with E-state index in [4.69, 9.17) is 5.26 Å². The number of tetrazole rings is 1. The molecule has 0 aliphatic rings. The minimum Gasteiger partial charge on any atom is -0.311 e. The molecule has 3 aromatic rings. The first-order valence-electron chi connectivity index (χ1n) is 9.63. The van der Waals surface area contributed by atoms with Crippen molar-refractivity contribution in [1.29, 1.82) is 5.26 Å². The summed E-state index contributed by atoms with van der Waals surface area (Å²) < 4.78 is 1.66. The molecule has 0 aliphatic heterocycles. The zero-order valence-electron chi connectivity index (χ0n) is 17.6. The van der Waals surface area contributed by atoms with Crippen molar-refractivity contribution < 1.29 is 4.79 Å². The van der Waals surface area contributed by atoms with Crippen LogP contribution < -0.4 is 4.90 Å². The normalized spacial score (nSPS) is 10.6. The summed E-state index contributed by atoms with van der Waals surface area (Å²) >= 11 is 1.29. The van der Waals surface area contributed by atoms with Crippen LogP contribution in [0.25, 0.3) is 5.69 Å². The molecule has 0 saturated heterocycles. The van der Waals surface area contributed by atoms with Crippen LogP contribution in [0.1, 0.15) is 28.7 Å². The molecule has 0 bridgehead atoms. The molecule has 0 saturated carbocycles. The molecule has 0 spiro atoms. The van der Waals surface area contributed by atoms with Crippen LogP contribution in [0.3, 0.4) is 0 Å². The number of hydrogen-bond acceptors (Lipinski definition) is 6. The second-order valence-electron chi connectivity index (χ2n) is 7.25. The van der Waals surface area contributed by atoms with Gasteiger partial charge in [-0.3, -0.25) is 4.79 Å². The average molecular weight is 421 g/mol. The van der Waals surface area contributed by atoms with Gasteiger partial charge in [0.1, 0.15) is 0 Å². The van der Waals surface area contributed by atoms with Crippen LogP contribution in [0.15, 0.2) is 41.6 Å². The molecule has 0 N–H and O–H groups in total. The Morgan fingerprint density at radius 1 is 1.10 bits per heavy atom. The van der Waals surface area contributed by atoms with Gasteiger partial charge in [-0.2, -0.15) is 9.94 Å². The van der Waals surface area contributed by atoms with Crippen LogP contribution in [-0.4, -0.2) is 38.4 Å². The van der Waals surface area contributed by atoms with Gasteiger partial charge >= 0.3 is 0 Å². The third-order valence-electron chi connectivity index (χ3n) is 4.61. The Bertz CT molecular complexity index is 1080. The first-order chi connectivity index (χ1) is 14.4. The first kappa shape index (κ1) is 21.5. The summed E-state index contributed by atoms with van der Waals surface area (Å²) in [5.41, 5.74) is 6.06. The van der Waals surface area contributed by atoms with E-state index in [-0.39, 0.29) is 18.1 Å². The number of carbonyl (C=O) groups is 1. The maximum absolute atomic E-state index is 13.0. The summed E-state index contributed by atoms with van der Waals surface area (Å²) in [5, 5.41) is 21.5. The molecule has 1 heterocycles. The Morgan fingerprint density at radius 3 is 2.50 bits per heavy atom. The molecule has 7 nitrogen and oxygen atoms in total. The van der Waals surface area contributed by atoms with E-state index in [0.29, 0.717) is 11.7 Å². The standard InChI is InChI=1S/C22H24N6OS/c1-15-6-7-20(18(4)11-15)28-22(24-25-26-28)30-14-21(29)27(9-5-8-23)19-12-16(2)10-17(3)13-19/h6-7,10-13H,5,9,14H2,1-4H3. The highest BCUT2D eigenvalue weighted by atomic mass is 32.2. The number of rotatable bonds is 7. The van der Waals surface area contributed by atoms with Gasteiger partial charge in [0.25, 0.3) is 0 Å². The van der Waals surface area contributed by atoms with E-state index in [1.54, 1.807) is 9.58 Å². The van der Waals surface area contributed by atoms with E-state index >= 15 is 0 Å². The summed E-state index contributed by atoms with van der Waals surface area (Å²) in [6.45, 7) is 8.38. The van der Waals surface area contributed by atoms with E-state index in [1.165, 1.54) is 11.8 Å². The number of aryl methyl sites for hydroxylation is 4. The van der Waals surface area contributed by atoms with Crippen LogP contribution in [0, 0.1) is 39.0 Å². The molecule has 0 fully saturated rings. The van der Waals surface area contributed by atoms with Crippen molar-refractivity contribution in [1.82, 2.24) is 20.2 Å². The predicted octanol–water partition coefficient (Wildman–Crippen LogP) is 3.93. The molecule has 1 amide bonds. The van der Waals surface area contributed by atoms with Crippen molar-refractivity contribution >= 4 is 23.4 Å². The Hall–Kier alpha value is -3.18. The number of nitrogens with zero attached hydrogens (tertiary/aromatic N) is 6. The second-order valence-corrected chi connectivity index (χ2v) is 8.19. The SMILES string of the molecule is Cc1cc(C)cc(N(CCC#N)C(=O)CSc2nnnn2-c2ccc(C)cc2C)c1. The fourth-order valence-corrected chi connectivity index (χ4v) is 4.09. The molecule has 0 aliphatic carbocycles. The van der Waals surface area contributed by atoms with Gasteiger partial charge in [-0.1, -0.05) is 35.5 Å². The lowest BCUT2D eigenvalue weighted by Gasteiger charge is -2.22. The largest absolute Gasteiger partial charge is 0.311 e. The highest BCUT2D eigenvalue weighted by Gasteiger charge is 2.19. The van der Waals surface area contributed by atoms with E-state index in [0.717, 1.165) is 33.6 Å². The van der Waals surface area contributed by atoms with Crippen LogP contribution in [0.4, 0.5) is 5.69 Å². The maximum Gasteiger partial charge on any atom is 0.237 e. The maximum atomic E-state index is 13.0. The zero-order chi connectivity index (χ0) is 21.7. The molecule has 8 heteroatoms. The lowest BCUT2D eigenvalue weighted by atomic mass is 10.1. The van der Waals surface area contributed by atoms with Crippen LogP contribution in [0.5, 0.6) is 0 Å². The topological polar surface area (TPSA) is 87.7 Å². The van der Waals surface area contributed by atoms with Gasteiger partial charge in [0.2, 0.25) is 11.1 Å². The Balaban J connectivity index is 1.79. The molecule has 1 aromatic heterocycles. The molecule has 154 valence electrons. The van der Waals surface area contributed by atoms with E-state index < -0.39 is 0 Å². The second kappa shape index (κ2) is 9.55. The fourth-order valence-electron chi connectivity index (χ4n) is 3.33. The van der Waals surface area contributed by atoms with Crippen LogP contribution in [-0.2, 0) is 4.79 Å². The fraction of sp³-hybridized carbons (Fsp3) is 0.318. The molecule has 3 rings (SSSR count). The van der Waals surface area contributed by atoms with Gasteiger partial charge in [0.15, 0.2) is 0 Å². The molecule has 30 heavy (non-hydrogen) atoms. The lowest BCUT2D eigenvalue weighted by Crippen LogP contribution is -2.33. The van der Waals surface area contributed by atoms with Gasteiger partial charge in [-0.25, -0.2) is 0 Å². The number of nitriles is 1. The third kappa shape index (κ3) is 5.05. The van der Waals surface area contributed by atoms with Crippen molar-refractivity contribution in [2.45, 2.75) is 39.3 Å². The van der Waals surface area contributed by atoms with Gasteiger partial charge in [-0.05, 0) is 73.0 Å². The highest BCUT2D eigenvalue weighted by Crippen LogP contribution is 2.24. The minimum absolute atomic E-state index is 0.0876. The van der Waals surface area contributed by atoms with Crippen molar-refractivity contribution in [3.8, 4) is 11.8 Å². The van der Waals surface area contributed by atoms with Crippen LogP contribution >= 0.6 is 11.8 Å². The Labute approximate surface area is 180 Å². The summed E-state index contributed by atoms with van der Waals surface area (Å²) in [6, 6.07) is 14.2. The van der Waals surface area contributed by atoms with E-state index in [1.807, 2.05) is 52.0 Å². The zero-order valence-corrected chi connectivity index (χ0v) is 18.4. The van der Waals surface area contributed by atoms with Crippen molar-refractivity contribution in [2.75, 3.05) is 17.2 Å². The van der Waals surface area contributed by atoms with Crippen molar-refractivity contribution in [2.24, 2.45) is 0 Å². The summed E-state index contributed by atoms with van der Waals surface area (Å²) in [4.78, 5) is 14.7. The van der Waals surface area contributed by atoms with Gasteiger partial charge < -0.3 is 4.90 Å². The molecule has 0 radical (unpaired) electrons. The number of thioether (sulfide) groups is 1.